The zero-order valence-electron chi connectivity index (χ0n) is 11.1. The fourth-order valence-electron chi connectivity index (χ4n) is 1.89. The molecule has 0 bridgehead atoms. The van der Waals surface area contributed by atoms with Crippen LogP contribution in [0.3, 0.4) is 0 Å². The summed E-state index contributed by atoms with van der Waals surface area (Å²) in [6.45, 7) is 2.15. The molecule has 1 amide bonds. The zero-order chi connectivity index (χ0) is 14.8. The molecule has 0 saturated carbocycles. The molecule has 0 aliphatic rings. The van der Waals surface area contributed by atoms with Gasteiger partial charge in [-0.25, -0.2) is 4.98 Å². The Hall–Kier alpha value is -2.28. The predicted octanol–water partition coefficient (Wildman–Crippen LogP) is 2.62. The van der Waals surface area contributed by atoms with Crippen LogP contribution in [-0.4, -0.2) is 21.0 Å². The number of pyridine rings is 2. The highest BCUT2D eigenvalue weighted by atomic mass is 79.9. The fraction of sp³-hybridized carbons (Fsp3) is 0.143. The van der Waals surface area contributed by atoms with Crippen molar-refractivity contribution in [3.05, 3.63) is 52.2 Å². The first-order valence-corrected chi connectivity index (χ1v) is 7.03. The number of nitrogens with one attached hydrogen (secondary N) is 1. The summed E-state index contributed by atoms with van der Waals surface area (Å²) in [6.07, 6.45) is 4.94. The van der Waals surface area contributed by atoms with Gasteiger partial charge in [0.25, 0.3) is 5.91 Å². The van der Waals surface area contributed by atoms with E-state index >= 15 is 0 Å². The second-order valence-electron chi connectivity index (χ2n) is 4.48. The van der Waals surface area contributed by atoms with E-state index in [0.717, 1.165) is 15.4 Å². The van der Waals surface area contributed by atoms with E-state index in [-0.39, 0.29) is 5.91 Å². The third kappa shape index (κ3) is 2.78. The summed E-state index contributed by atoms with van der Waals surface area (Å²) in [4.78, 5) is 20.6. The van der Waals surface area contributed by atoms with Crippen LogP contribution in [0.5, 0.6) is 0 Å². The van der Waals surface area contributed by atoms with E-state index in [1.54, 1.807) is 31.6 Å². The van der Waals surface area contributed by atoms with Gasteiger partial charge in [-0.15, -0.1) is 0 Å². The van der Waals surface area contributed by atoms with Crippen LogP contribution in [0, 0.1) is 6.92 Å². The van der Waals surface area contributed by atoms with Crippen molar-refractivity contribution in [1.29, 1.82) is 0 Å². The van der Waals surface area contributed by atoms with Crippen LogP contribution in [0.4, 0.5) is 0 Å². The van der Waals surface area contributed by atoms with Gasteiger partial charge in [0, 0.05) is 29.9 Å². The number of carbonyl (C=O) groups excluding carboxylic acids is 1. The van der Waals surface area contributed by atoms with Crippen LogP contribution in [-0.2, 0) is 6.54 Å². The Morgan fingerprint density at radius 3 is 2.95 bits per heavy atom. The predicted molar refractivity (Wildman–Crippen MR) is 79.6 cm³/mol. The number of amides is 1. The molecule has 3 heterocycles. The molecular formula is C14H11BrN4O2. The molecule has 0 radical (unpaired) electrons. The Morgan fingerprint density at radius 2 is 2.19 bits per heavy atom. The molecule has 0 unspecified atom stereocenters. The molecule has 6 nitrogen and oxygen atoms in total. The summed E-state index contributed by atoms with van der Waals surface area (Å²) < 4.78 is 5.70. The van der Waals surface area contributed by atoms with Crippen molar-refractivity contribution in [2.75, 3.05) is 0 Å². The van der Waals surface area contributed by atoms with Crippen molar-refractivity contribution >= 4 is 32.7 Å². The number of hydrogen-bond donors (Lipinski definition) is 1. The van der Waals surface area contributed by atoms with Gasteiger partial charge in [0.1, 0.15) is 11.5 Å². The Kier molecular flexibility index (Phi) is 3.66. The second kappa shape index (κ2) is 5.61. The summed E-state index contributed by atoms with van der Waals surface area (Å²) in [7, 11) is 0. The lowest BCUT2D eigenvalue weighted by atomic mass is 10.2. The van der Waals surface area contributed by atoms with E-state index in [2.05, 4.69) is 36.4 Å². The summed E-state index contributed by atoms with van der Waals surface area (Å²) in [5, 5.41) is 7.33. The molecule has 0 fully saturated rings. The Balaban J connectivity index is 1.81. The molecule has 0 spiro atoms. The minimum Gasteiger partial charge on any atom is -0.361 e. The van der Waals surface area contributed by atoms with E-state index in [0.29, 0.717) is 23.5 Å². The molecule has 3 aromatic rings. The third-order valence-electron chi connectivity index (χ3n) is 3.08. The molecule has 0 aromatic carbocycles. The first kappa shape index (κ1) is 13.7. The van der Waals surface area contributed by atoms with Crippen molar-refractivity contribution in [2.45, 2.75) is 13.5 Å². The normalized spacial score (nSPS) is 10.8. The maximum absolute atomic E-state index is 12.2. The monoisotopic (exact) mass is 346 g/mol. The van der Waals surface area contributed by atoms with Crippen LogP contribution in [0.2, 0.25) is 0 Å². The van der Waals surface area contributed by atoms with Gasteiger partial charge in [0.05, 0.1) is 16.2 Å². The number of aryl methyl sites for hydroxylation is 1. The molecule has 0 atom stereocenters. The maximum atomic E-state index is 12.2. The Morgan fingerprint density at radius 1 is 1.33 bits per heavy atom. The van der Waals surface area contributed by atoms with Crippen molar-refractivity contribution in [3.8, 4) is 0 Å². The molecule has 1 N–H and O–H groups in total. The minimum absolute atomic E-state index is 0.249. The van der Waals surface area contributed by atoms with Gasteiger partial charge in [-0.3, -0.25) is 9.78 Å². The molecular weight excluding hydrogens is 336 g/mol. The molecule has 106 valence electrons. The smallest absolute Gasteiger partial charge is 0.270 e. The summed E-state index contributed by atoms with van der Waals surface area (Å²) in [5.41, 5.74) is 1.90. The van der Waals surface area contributed by atoms with Gasteiger partial charge in [0.15, 0.2) is 0 Å². The lowest BCUT2D eigenvalue weighted by Crippen LogP contribution is -2.23. The van der Waals surface area contributed by atoms with Gasteiger partial charge < -0.3 is 9.84 Å². The SMILES string of the molecule is Cc1oncc1CNC(=O)c1ccc2cncc(Br)c2n1. The number of halogens is 1. The van der Waals surface area contributed by atoms with E-state index in [4.69, 9.17) is 4.52 Å². The Bertz CT molecular complexity index is 816. The zero-order valence-corrected chi connectivity index (χ0v) is 12.7. The van der Waals surface area contributed by atoms with Gasteiger partial charge in [-0.1, -0.05) is 5.16 Å². The molecule has 21 heavy (non-hydrogen) atoms. The number of hydrogen-bond acceptors (Lipinski definition) is 5. The largest absolute Gasteiger partial charge is 0.361 e. The number of carbonyl (C=O) groups is 1. The van der Waals surface area contributed by atoms with Crippen LogP contribution in [0.1, 0.15) is 21.8 Å². The summed E-state index contributed by atoms with van der Waals surface area (Å²) >= 11 is 3.38. The Labute approximate surface area is 128 Å². The first-order valence-electron chi connectivity index (χ1n) is 6.24. The van der Waals surface area contributed by atoms with Gasteiger partial charge in [-0.05, 0) is 35.0 Å². The topological polar surface area (TPSA) is 80.9 Å². The number of rotatable bonds is 3. The van der Waals surface area contributed by atoms with E-state index in [9.17, 15) is 4.79 Å². The minimum atomic E-state index is -0.249. The van der Waals surface area contributed by atoms with Crippen LogP contribution in [0.15, 0.2) is 39.7 Å². The molecule has 0 aliphatic carbocycles. The highest BCUT2D eigenvalue weighted by Crippen LogP contribution is 2.20. The van der Waals surface area contributed by atoms with Gasteiger partial charge in [0.2, 0.25) is 0 Å². The van der Waals surface area contributed by atoms with Crippen molar-refractivity contribution in [1.82, 2.24) is 20.4 Å². The average molecular weight is 347 g/mol. The lowest BCUT2D eigenvalue weighted by molar-refractivity contribution is 0.0946. The fourth-order valence-corrected chi connectivity index (χ4v) is 2.33. The molecule has 3 aromatic heterocycles. The van der Waals surface area contributed by atoms with Crippen LogP contribution < -0.4 is 5.32 Å². The van der Waals surface area contributed by atoms with Gasteiger partial charge in [-0.2, -0.15) is 0 Å². The molecule has 7 heteroatoms. The number of nitrogens with zero attached hydrogens (tertiary/aromatic N) is 3. The summed E-state index contributed by atoms with van der Waals surface area (Å²) in [6, 6.07) is 3.49. The number of fused-ring (bicyclic) bond motifs is 1. The van der Waals surface area contributed by atoms with E-state index in [1.165, 1.54) is 0 Å². The standard InChI is InChI=1S/C14H11BrN4O2/c1-8-10(6-18-21-8)5-17-14(20)12-3-2-9-4-16-7-11(15)13(9)19-12/h2-4,6-7H,5H2,1H3,(H,17,20). The van der Waals surface area contributed by atoms with Crippen molar-refractivity contribution in [3.63, 3.8) is 0 Å². The lowest BCUT2D eigenvalue weighted by Gasteiger charge is -2.05. The first-order chi connectivity index (χ1) is 10.1. The molecule has 0 aliphatic heterocycles. The van der Waals surface area contributed by atoms with Crippen LogP contribution >= 0.6 is 15.9 Å². The highest BCUT2D eigenvalue weighted by molar-refractivity contribution is 9.10. The third-order valence-corrected chi connectivity index (χ3v) is 3.66. The summed E-state index contributed by atoms with van der Waals surface area (Å²) in [5.74, 6) is 0.441. The van der Waals surface area contributed by atoms with E-state index < -0.39 is 0 Å². The highest BCUT2D eigenvalue weighted by Gasteiger charge is 2.11. The molecule has 0 saturated heterocycles. The number of aromatic nitrogens is 3. The molecule has 3 rings (SSSR count). The maximum Gasteiger partial charge on any atom is 0.270 e. The van der Waals surface area contributed by atoms with E-state index in [1.807, 2.05) is 6.07 Å². The van der Waals surface area contributed by atoms with Crippen LogP contribution in [0.25, 0.3) is 10.9 Å². The average Bonchev–Trinajstić information content (AvgIpc) is 2.90. The van der Waals surface area contributed by atoms with Gasteiger partial charge >= 0.3 is 0 Å². The van der Waals surface area contributed by atoms with Crippen molar-refractivity contribution in [2.24, 2.45) is 0 Å². The quantitative estimate of drug-likeness (QED) is 0.788. The second-order valence-corrected chi connectivity index (χ2v) is 5.33. The van der Waals surface area contributed by atoms with Crippen molar-refractivity contribution < 1.29 is 9.32 Å².